The first-order valence-electron chi connectivity index (χ1n) is 8.36. The lowest BCUT2D eigenvalue weighted by molar-refractivity contribution is 0.0793. The molecule has 0 aliphatic rings. The zero-order valence-corrected chi connectivity index (χ0v) is 14.6. The van der Waals surface area contributed by atoms with Gasteiger partial charge in [0.25, 0.3) is 5.91 Å². The van der Waals surface area contributed by atoms with E-state index in [1.807, 2.05) is 38.2 Å². The van der Waals surface area contributed by atoms with Crippen LogP contribution in [0.5, 0.6) is 5.75 Å². The molecule has 0 atom stereocenters. The molecule has 1 heterocycles. The summed E-state index contributed by atoms with van der Waals surface area (Å²) in [6.45, 7) is 5.41. The standard InChI is InChI=1S/C19H25N3O2/c1-4-6-13-22(3)19(23)15-11-12-20-18(14-15)21-16-9-7-8-10-17(16)24-5-2/h7-12,14H,4-6,13H2,1-3H3,(H,20,21). The highest BCUT2D eigenvalue weighted by Crippen LogP contribution is 2.26. The summed E-state index contributed by atoms with van der Waals surface area (Å²) in [7, 11) is 1.83. The van der Waals surface area contributed by atoms with Crippen molar-refractivity contribution in [2.75, 3.05) is 25.5 Å². The lowest BCUT2D eigenvalue weighted by Gasteiger charge is -2.17. The molecule has 5 nitrogen and oxygen atoms in total. The van der Waals surface area contributed by atoms with Crippen LogP contribution in [-0.2, 0) is 0 Å². The summed E-state index contributed by atoms with van der Waals surface area (Å²) < 4.78 is 5.60. The van der Waals surface area contributed by atoms with Crippen molar-refractivity contribution < 1.29 is 9.53 Å². The summed E-state index contributed by atoms with van der Waals surface area (Å²) in [5, 5.41) is 3.23. The Morgan fingerprint density at radius 1 is 1.25 bits per heavy atom. The van der Waals surface area contributed by atoms with E-state index in [0.29, 0.717) is 18.0 Å². The number of ether oxygens (including phenoxy) is 1. The number of hydrogen-bond donors (Lipinski definition) is 1. The summed E-state index contributed by atoms with van der Waals surface area (Å²) in [6, 6.07) is 11.2. The first-order valence-corrected chi connectivity index (χ1v) is 8.36. The Kier molecular flexibility index (Phi) is 6.61. The molecule has 2 aromatic rings. The molecule has 5 heteroatoms. The van der Waals surface area contributed by atoms with E-state index < -0.39 is 0 Å². The Bertz CT molecular complexity index is 673. The Hall–Kier alpha value is -2.56. The number of carbonyl (C=O) groups excluding carboxylic acids is 1. The molecular weight excluding hydrogens is 302 g/mol. The number of pyridine rings is 1. The van der Waals surface area contributed by atoms with Crippen LogP contribution in [0, 0.1) is 0 Å². The van der Waals surface area contributed by atoms with Crippen molar-refractivity contribution >= 4 is 17.4 Å². The molecule has 128 valence electrons. The highest BCUT2D eigenvalue weighted by atomic mass is 16.5. The number of carbonyl (C=O) groups is 1. The molecule has 0 aliphatic heterocycles. The SMILES string of the molecule is CCCCN(C)C(=O)c1ccnc(Nc2ccccc2OCC)c1. The van der Waals surface area contributed by atoms with Crippen molar-refractivity contribution in [2.45, 2.75) is 26.7 Å². The van der Waals surface area contributed by atoms with Gasteiger partial charge in [-0.3, -0.25) is 4.79 Å². The van der Waals surface area contributed by atoms with Gasteiger partial charge in [-0.25, -0.2) is 4.98 Å². The van der Waals surface area contributed by atoms with E-state index in [1.54, 1.807) is 23.2 Å². The maximum Gasteiger partial charge on any atom is 0.253 e. The summed E-state index contributed by atoms with van der Waals surface area (Å²) in [5.74, 6) is 1.39. The number of para-hydroxylation sites is 2. The van der Waals surface area contributed by atoms with Crippen LogP contribution in [0.1, 0.15) is 37.0 Å². The Morgan fingerprint density at radius 3 is 2.79 bits per heavy atom. The number of nitrogens with one attached hydrogen (secondary N) is 1. The molecule has 1 amide bonds. The molecule has 24 heavy (non-hydrogen) atoms. The third-order valence-electron chi connectivity index (χ3n) is 3.65. The second-order valence-electron chi connectivity index (χ2n) is 5.56. The fourth-order valence-corrected chi connectivity index (χ4v) is 2.34. The van der Waals surface area contributed by atoms with Gasteiger partial charge in [0.1, 0.15) is 11.6 Å². The summed E-state index contributed by atoms with van der Waals surface area (Å²) >= 11 is 0. The van der Waals surface area contributed by atoms with Gasteiger partial charge in [0.2, 0.25) is 0 Å². The highest BCUT2D eigenvalue weighted by molar-refractivity contribution is 5.94. The van der Waals surface area contributed by atoms with E-state index in [2.05, 4.69) is 17.2 Å². The van der Waals surface area contributed by atoms with Crippen molar-refractivity contribution in [1.82, 2.24) is 9.88 Å². The van der Waals surface area contributed by atoms with Crippen LogP contribution in [0.3, 0.4) is 0 Å². The van der Waals surface area contributed by atoms with Crippen LogP contribution in [0.25, 0.3) is 0 Å². The molecule has 1 N–H and O–H groups in total. The topological polar surface area (TPSA) is 54.5 Å². The van der Waals surface area contributed by atoms with Crippen molar-refractivity contribution in [3.05, 3.63) is 48.2 Å². The van der Waals surface area contributed by atoms with E-state index in [4.69, 9.17) is 4.74 Å². The second kappa shape index (κ2) is 8.91. The quantitative estimate of drug-likeness (QED) is 0.793. The van der Waals surface area contributed by atoms with Crippen LogP contribution in [0.15, 0.2) is 42.6 Å². The molecule has 0 bridgehead atoms. The molecule has 0 spiro atoms. The van der Waals surface area contributed by atoms with Gasteiger partial charge in [-0.05, 0) is 37.6 Å². The summed E-state index contributed by atoms with van der Waals surface area (Å²) in [4.78, 5) is 18.5. The molecule has 0 saturated heterocycles. The van der Waals surface area contributed by atoms with Gasteiger partial charge in [0.05, 0.1) is 12.3 Å². The van der Waals surface area contributed by atoms with Gasteiger partial charge in [0.15, 0.2) is 0 Å². The van der Waals surface area contributed by atoms with Gasteiger partial charge in [-0.2, -0.15) is 0 Å². The number of nitrogens with zero attached hydrogens (tertiary/aromatic N) is 2. The number of anilines is 2. The molecule has 1 aromatic heterocycles. The molecule has 1 aromatic carbocycles. The largest absolute Gasteiger partial charge is 0.492 e. The van der Waals surface area contributed by atoms with Gasteiger partial charge >= 0.3 is 0 Å². The third kappa shape index (κ3) is 4.72. The zero-order valence-electron chi connectivity index (χ0n) is 14.6. The molecule has 0 saturated carbocycles. The number of unbranched alkanes of at least 4 members (excludes halogenated alkanes) is 1. The van der Waals surface area contributed by atoms with Gasteiger partial charge in [-0.15, -0.1) is 0 Å². The molecular formula is C19H25N3O2. The van der Waals surface area contributed by atoms with Crippen molar-refractivity contribution in [1.29, 1.82) is 0 Å². The average molecular weight is 327 g/mol. The van der Waals surface area contributed by atoms with E-state index >= 15 is 0 Å². The highest BCUT2D eigenvalue weighted by Gasteiger charge is 2.12. The fraction of sp³-hybridized carbons (Fsp3) is 0.368. The van der Waals surface area contributed by atoms with E-state index in [9.17, 15) is 4.79 Å². The van der Waals surface area contributed by atoms with Crippen LogP contribution in [0.4, 0.5) is 11.5 Å². The minimum atomic E-state index is 0.00648. The van der Waals surface area contributed by atoms with Crippen molar-refractivity contribution in [3.63, 3.8) is 0 Å². The minimum Gasteiger partial charge on any atom is -0.492 e. The normalized spacial score (nSPS) is 10.3. The second-order valence-corrected chi connectivity index (χ2v) is 5.56. The Morgan fingerprint density at radius 2 is 2.04 bits per heavy atom. The smallest absolute Gasteiger partial charge is 0.253 e. The number of hydrogen-bond acceptors (Lipinski definition) is 4. The van der Waals surface area contributed by atoms with Crippen molar-refractivity contribution in [3.8, 4) is 5.75 Å². The zero-order chi connectivity index (χ0) is 17.4. The van der Waals surface area contributed by atoms with Crippen LogP contribution in [-0.4, -0.2) is 36.0 Å². The monoisotopic (exact) mass is 327 g/mol. The number of amides is 1. The van der Waals surface area contributed by atoms with Gasteiger partial charge < -0.3 is 15.0 Å². The van der Waals surface area contributed by atoms with Crippen LogP contribution in [0.2, 0.25) is 0 Å². The number of benzene rings is 1. The maximum absolute atomic E-state index is 12.5. The first kappa shape index (κ1) is 17.8. The minimum absolute atomic E-state index is 0.00648. The molecule has 0 radical (unpaired) electrons. The number of rotatable bonds is 8. The molecule has 0 unspecified atom stereocenters. The fourth-order valence-electron chi connectivity index (χ4n) is 2.34. The van der Waals surface area contributed by atoms with E-state index in [1.165, 1.54) is 0 Å². The number of aromatic nitrogens is 1. The van der Waals surface area contributed by atoms with E-state index in [-0.39, 0.29) is 5.91 Å². The summed E-state index contributed by atoms with van der Waals surface area (Å²) in [5.41, 5.74) is 1.45. The van der Waals surface area contributed by atoms with Gasteiger partial charge in [-0.1, -0.05) is 25.5 Å². The average Bonchev–Trinajstić information content (AvgIpc) is 2.61. The molecule has 2 rings (SSSR count). The predicted molar refractivity (Wildman–Crippen MR) is 97.0 cm³/mol. The Balaban J connectivity index is 2.15. The Labute approximate surface area is 143 Å². The predicted octanol–water partition coefficient (Wildman–Crippen LogP) is 4.10. The van der Waals surface area contributed by atoms with E-state index in [0.717, 1.165) is 30.8 Å². The van der Waals surface area contributed by atoms with Crippen LogP contribution < -0.4 is 10.1 Å². The lowest BCUT2D eigenvalue weighted by Crippen LogP contribution is -2.27. The maximum atomic E-state index is 12.5. The first-order chi connectivity index (χ1) is 11.7. The van der Waals surface area contributed by atoms with Crippen molar-refractivity contribution in [2.24, 2.45) is 0 Å². The lowest BCUT2D eigenvalue weighted by atomic mass is 10.2. The third-order valence-corrected chi connectivity index (χ3v) is 3.65. The van der Waals surface area contributed by atoms with Gasteiger partial charge in [0, 0.05) is 25.4 Å². The molecule has 0 aliphatic carbocycles. The summed E-state index contributed by atoms with van der Waals surface area (Å²) in [6.07, 6.45) is 3.71. The van der Waals surface area contributed by atoms with Crippen LogP contribution >= 0.6 is 0 Å². The molecule has 0 fully saturated rings.